The second kappa shape index (κ2) is 9.66. The van der Waals surface area contributed by atoms with Gasteiger partial charge in [0.05, 0.1) is 5.52 Å². The van der Waals surface area contributed by atoms with Crippen molar-refractivity contribution in [1.29, 1.82) is 0 Å². The highest BCUT2D eigenvalue weighted by Crippen LogP contribution is 2.28. The molecule has 2 aromatic heterocycles. The molecule has 0 atom stereocenters. The fraction of sp³-hybridized carbons (Fsp3) is 0.167. The van der Waals surface area contributed by atoms with E-state index in [9.17, 15) is 4.79 Å². The number of carbonyl (C=O) groups excluding carboxylic acids is 1. The van der Waals surface area contributed by atoms with Gasteiger partial charge in [-0.2, -0.15) is 0 Å². The van der Waals surface area contributed by atoms with Gasteiger partial charge in [0, 0.05) is 22.5 Å². The lowest BCUT2D eigenvalue weighted by atomic mass is 9.99. The number of fused-ring (bicyclic) bond motifs is 3. The Balaban J connectivity index is 1.28. The van der Waals surface area contributed by atoms with Gasteiger partial charge in [0.2, 0.25) is 5.91 Å². The predicted molar refractivity (Wildman–Crippen MR) is 144 cm³/mol. The molecular weight excluding hydrogens is 448 g/mol. The number of amides is 1. The number of ether oxygens (including phenoxy) is 1. The second-order valence-corrected chi connectivity index (χ2v) is 9.20. The van der Waals surface area contributed by atoms with Crippen LogP contribution in [0, 0.1) is 13.8 Å². The maximum absolute atomic E-state index is 11.2. The smallest absolute Gasteiger partial charge is 0.248 e. The average Bonchev–Trinajstić information content (AvgIpc) is 2.87. The number of benzene rings is 3. The molecule has 1 amide bonds. The van der Waals surface area contributed by atoms with Crippen LogP contribution in [0.15, 0.2) is 72.9 Å². The molecule has 6 heteroatoms. The van der Waals surface area contributed by atoms with E-state index in [2.05, 4.69) is 60.2 Å². The minimum atomic E-state index is -0.433. The molecule has 0 radical (unpaired) electrons. The SMILES string of the molecule is Cc1ccc2c(c1)nc(N)c1ncc(CCc3ccc(OCc4ccc(C(N)=O)cc4)cc3C)cc12. The minimum Gasteiger partial charge on any atom is -0.489 e. The van der Waals surface area contributed by atoms with Crippen molar-refractivity contribution < 1.29 is 9.53 Å². The van der Waals surface area contributed by atoms with Crippen LogP contribution >= 0.6 is 0 Å². The third-order valence-electron chi connectivity index (χ3n) is 6.51. The molecule has 0 saturated heterocycles. The van der Waals surface area contributed by atoms with E-state index in [1.807, 2.05) is 24.4 Å². The van der Waals surface area contributed by atoms with Gasteiger partial charge in [-0.05, 0) is 90.9 Å². The van der Waals surface area contributed by atoms with Gasteiger partial charge in [0.1, 0.15) is 17.9 Å². The molecule has 5 aromatic rings. The lowest BCUT2D eigenvalue weighted by Crippen LogP contribution is -2.10. The summed E-state index contributed by atoms with van der Waals surface area (Å²) in [5.74, 6) is 0.843. The molecule has 180 valence electrons. The quantitative estimate of drug-likeness (QED) is 0.304. The summed E-state index contributed by atoms with van der Waals surface area (Å²) >= 11 is 0. The summed E-state index contributed by atoms with van der Waals surface area (Å²) in [5, 5.41) is 2.11. The van der Waals surface area contributed by atoms with Crippen molar-refractivity contribution in [2.45, 2.75) is 33.3 Å². The third-order valence-corrected chi connectivity index (χ3v) is 6.51. The Kier molecular flexibility index (Phi) is 6.25. The van der Waals surface area contributed by atoms with Crippen LogP contribution < -0.4 is 16.2 Å². The normalized spacial score (nSPS) is 11.2. The highest BCUT2D eigenvalue weighted by molar-refractivity contribution is 6.08. The molecule has 5 rings (SSSR count). The van der Waals surface area contributed by atoms with Crippen LogP contribution in [-0.4, -0.2) is 15.9 Å². The Morgan fingerprint density at radius 1 is 0.889 bits per heavy atom. The number of nitrogens with zero attached hydrogens (tertiary/aromatic N) is 2. The van der Waals surface area contributed by atoms with Crippen molar-refractivity contribution in [2.24, 2.45) is 5.73 Å². The largest absolute Gasteiger partial charge is 0.489 e. The number of anilines is 1. The number of nitrogens with two attached hydrogens (primary N) is 2. The summed E-state index contributed by atoms with van der Waals surface area (Å²) < 4.78 is 5.96. The molecule has 6 nitrogen and oxygen atoms in total. The standard InChI is InChI=1S/C30H28N4O2/c1-18-3-12-25-26-15-21(16-33-28(26)29(31)34-27(25)13-18)6-7-22-10-11-24(14-19(22)2)36-17-20-4-8-23(9-5-20)30(32)35/h3-5,8-16H,6-7,17H2,1-2H3,(H2,31,34)(H2,32,35). The minimum absolute atomic E-state index is 0.423. The number of hydrogen-bond acceptors (Lipinski definition) is 5. The average molecular weight is 477 g/mol. The van der Waals surface area contributed by atoms with Crippen LogP contribution in [-0.2, 0) is 19.4 Å². The number of nitrogen functional groups attached to an aromatic ring is 1. The number of aryl methyl sites for hydroxylation is 4. The third kappa shape index (κ3) is 4.84. The number of pyridine rings is 2. The molecule has 0 aliphatic rings. The number of carbonyl (C=O) groups is 1. The lowest BCUT2D eigenvalue weighted by Gasteiger charge is -2.12. The monoisotopic (exact) mass is 476 g/mol. The first-order valence-corrected chi connectivity index (χ1v) is 11.9. The maximum Gasteiger partial charge on any atom is 0.248 e. The van der Waals surface area contributed by atoms with Crippen LogP contribution in [0.1, 0.15) is 38.2 Å². The van der Waals surface area contributed by atoms with E-state index in [0.717, 1.165) is 57.1 Å². The fourth-order valence-corrected chi connectivity index (χ4v) is 4.45. The van der Waals surface area contributed by atoms with E-state index in [1.54, 1.807) is 12.1 Å². The Hall–Kier alpha value is -4.45. The summed E-state index contributed by atoms with van der Waals surface area (Å²) in [4.78, 5) is 20.4. The van der Waals surface area contributed by atoms with E-state index >= 15 is 0 Å². The van der Waals surface area contributed by atoms with Gasteiger partial charge >= 0.3 is 0 Å². The van der Waals surface area contributed by atoms with Crippen molar-refractivity contribution in [1.82, 2.24) is 9.97 Å². The number of primary amides is 1. The van der Waals surface area contributed by atoms with E-state index in [0.29, 0.717) is 18.0 Å². The Bertz CT molecular complexity index is 1590. The van der Waals surface area contributed by atoms with Crippen molar-refractivity contribution in [3.63, 3.8) is 0 Å². The lowest BCUT2D eigenvalue weighted by molar-refractivity contribution is 0.1000. The van der Waals surface area contributed by atoms with Crippen LogP contribution in [0.25, 0.3) is 21.8 Å². The number of hydrogen-bond donors (Lipinski definition) is 2. The molecule has 0 unspecified atom stereocenters. The number of rotatable bonds is 7. The van der Waals surface area contributed by atoms with Gasteiger partial charge in [-0.25, -0.2) is 4.98 Å². The fourth-order valence-electron chi connectivity index (χ4n) is 4.45. The summed E-state index contributed by atoms with van der Waals surface area (Å²) in [7, 11) is 0. The van der Waals surface area contributed by atoms with Gasteiger partial charge in [0.25, 0.3) is 0 Å². The zero-order valence-corrected chi connectivity index (χ0v) is 20.4. The first-order valence-electron chi connectivity index (χ1n) is 11.9. The molecule has 0 spiro atoms. The molecule has 4 N–H and O–H groups in total. The number of aromatic nitrogens is 2. The van der Waals surface area contributed by atoms with Crippen LogP contribution in [0.2, 0.25) is 0 Å². The summed E-state index contributed by atoms with van der Waals surface area (Å²) in [6, 6.07) is 21.8. The molecular formula is C30H28N4O2. The van der Waals surface area contributed by atoms with Gasteiger partial charge < -0.3 is 16.2 Å². The molecule has 0 bridgehead atoms. The summed E-state index contributed by atoms with van der Waals surface area (Å²) in [6.45, 7) is 4.58. The Labute approximate surface area is 209 Å². The maximum atomic E-state index is 11.2. The highest BCUT2D eigenvalue weighted by Gasteiger charge is 2.10. The van der Waals surface area contributed by atoms with E-state index < -0.39 is 5.91 Å². The van der Waals surface area contributed by atoms with Crippen molar-refractivity contribution in [3.8, 4) is 5.75 Å². The van der Waals surface area contributed by atoms with Crippen molar-refractivity contribution >= 4 is 33.5 Å². The topological polar surface area (TPSA) is 104 Å². The first kappa shape index (κ1) is 23.3. The molecule has 0 aliphatic carbocycles. The van der Waals surface area contributed by atoms with Crippen LogP contribution in [0.3, 0.4) is 0 Å². The molecule has 0 fully saturated rings. The molecule has 36 heavy (non-hydrogen) atoms. The summed E-state index contributed by atoms with van der Waals surface area (Å²) in [5.41, 5.74) is 19.4. The van der Waals surface area contributed by atoms with Gasteiger partial charge in [0.15, 0.2) is 5.82 Å². The van der Waals surface area contributed by atoms with E-state index in [1.165, 1.54) is 11.1 Å². The zero-order chi connectivity index (χ0) is 25.2. The van der Waals surface area contributed by atoms with Crippen LogP contribution in [0.5, 0.6) is 5.75 Å². The second-order valence-electron chi connectivity index (χ2n) is 9.20. The summed E-state index contributed by atoms with van der Waals surface area (Å²) in [6.07, 6.45) is 3.66. The zero-order valence-electron chi connectivity index (χ0n) is 20.4. The molecule has 2 heterocycles. The van der Waals surface area contributed by atoms with Gasteiger partial charge in [-0.3, -0.25) is 9.78 Å². The first-order chi connectivity index (χ1) is 17.4. The van der Waals surface area contributed by atoms with Gasteiger partial charge in [-0.1, -0.05) is 30.3 Å². The Morgan fingerprint density at radius 2 is 1.69 bits per heavy atom. The van der Waals surface area contributed by atoms with E-state index in [4.69, 9.17) is 16.2 Å². The van der Waals surface area contributed by atoms with Crippen molar-refractivity contribution in [3.05, 3.63) is 106 Å². The van der Waals surface area contributed by atoms with E-state index in [-0.39, 0.29) is 0 Å². The molecule has 0 aliphatic heterocycles. The Morgan fingerprint density at radius 3 is 2.44 bits per heavy atom. The highest BCUT2D eigenvalue weighted by atomic mass is 16.5. The molecule has 3 aromatic carbocycles. The van der Waals surface area contributed by atoms with Crippen molar-refractivity contribution in [2.75, 3.05) is 5.73 Å². The van der Waals surface area contributed by atoms with Gasteiger partial charge in [-0.15, -0.1) is 0 Å². The molecule has 0 saturated carbocycles. The van der Waals surface area contributed by atoms with Crippen LogP contribution in [0.4, 0.5) is 5.82 Å². The predicted octanol–water partition coefficient (Wildman–Crippen LogP) is 5.45.